The molecule has 1 atom stereocenters. The molecule has 2 heterocycles. The SMILES string of the molecule is Cn1cc(-c2noc(C(N)c3ccccc3)n2)cn1. The molecule has 1 unspecified atom stereocenters. The first-order valence-electron chi connectivity index (χ1n) is 5.87. The number of hydrogen-bond acceptors (Lipinski definition) is 5. The third-order valence-corrected chi connectivity index (χ3v) is 2.83. The molecule has 6 heteroatoms. The highest BCUT2D eigenvalue weighted by atomic mass is 16.5. The minimum absolute atomic E-state index is 0.394. The Labute approximate surface area is 109 Å². The Hall–Kier alpha value is -2.47. The molecule has 0 aliphatic rings. The second-order valence-corrected chi connectivity index (χ2v) is 4.25. The molecule has 2 N–H and O–H groups in total. The minimum atomic E-state index is -0.417. The second-order valence-electron chi connectivity index (χ2n) is 4.25. The number of nitrogens with two attached hydrogens (primary N) is 1. The van der Waals surface area contributed by atoms with E-state index in [0.29, 0.717) is 11.7 Å². The molecule has 0 amide bonds. The van der Waals surface area contributed by atoms with Crippen LogP contribution in [0.15, 0.2) is 47.2 Å². The Morgan fingerprint density at radius 2 is 2.05 bits per heavy atom. The van der Waals surface area contributed by atoms with Crippen molar-refractivity contribution >= 4 is 0 Å². The smallest absolute Gasteiger partial charge is 0.248 e. The van der Waals surface area contributed by atoms with Crippen molar-refractivity contribution in [3.8, 4) is 11.4 Å². The number of benzene rings is 1. The summed E-state index contributed by atoms with van der Waals surface area (Å²) < 4.78 is 6.90. The van der Waals surface area contributed by atoms with Gasteiger partial charge in [0.1, 0.15) is 6.04 Å². The minimum Gasteiger partial charge on any atom is -0.337 e. The lowest BCUT2D eigenvalue weighted by atomic mass is 10.1. The quantitative estimate of drug-likeness (QED) is 0.767. The van der Waals surface area contributed by atoms with Crippen LogP contribution in [0.4, 0.5) is 0 Å². The van der Waals surface area contributed by atoms with Crippen molar-refractivity contribution in [2.45, 2.75) is 6.04 Å². The third-order valence-electron chi connectivity index (χ3n) is 2.83. The van der Waals surface area contributed by atoms with E-state index in [0.717, 1.165) is 11.1 Å². The average molecular weight is 255 g/mol. The van der Waals surface area contributed by atoms with E-state index < -0.39 is 6.04 Å². The van der Waals surface area contributed by atoms with E-state index in [2.05, 4.69) is 15.2 Å². The molecule has 3 aromatic rings. The van der Waals surface area contributed by atoms with Crippen molar-refractivity contribution in [3.05, 3.63) is 54.2 Å². The Morgan fingerprint density at radius 3 is 2.74 bits per heavy atom. The van der Waals surface area contributed by atoms with Gasteiger partial charge < -0.3 is 10.3 Å². The summed E-state index contributed by atoms with van der Waals surface area (Å²) in [7, 11) is 1.83. The normalized spacial score (nSPS) is 12.5. The van der Waals surface area contributed by atoms with Crippen LogP contribution in [0.5, 0.6) is 0 Å². The van der Waals surface area contributed by atoms with Crippen LogP contribution in [0.2, 0.25) is 0 Å². The third kappa shape index (κ3) is 2.25. The lowest BCUT2D eigenvalue weighted by molar-refractivity contribution is 0.367. The molecule has 0 aliphatic carbocycles. The zero-order valence-corrected chi connectivity index (χ0v) is 10.4. The zero-order valence-electron chi connectivity index (χ0n) is 10.4. The van der Waals surface area contributed by atoms with Crippen LogP contribution in [0.25, 0.3) is 11.4 Å². The molecule has 0 fully saturated rings. The Balaban J connectivity index is 1.89. The van der Waals surface area contributed by atoms with Crippen molar-refractivity contribution in [1.82, 2.24) is 19.9 Å². The van der Waals surface area contributed by atoms with Crippen molar-refractivity contribution in [2.24, 2.45) is 12.8 Å². The number of rotatable bonds is 3. The van der Waals surface area contributed by atoms with Crippen LogP contribution in [0.1, 0.15) is 17.5 Å². The molecular formula is C13H13N5O. The maximum absolute atomic E-state index is 6.10. The fourth-order valence-corrected chi connectivity index (χ4v) is 1.82. The van der Waals surface area contributed by atoms with Gasteiger partial charge in [-0.3, -0.25) is 4.68 Å². The summed E-state index contributed by atoms with van der Waals surface area (Å²) in [5.74, 6) is 0.888. The molecule has 6 nitrogen and oxygen atoms in total. The molecule has 0 bridgehead atoms. The molecule has 0 aliphatic heterocycles. The molecular weight excluding hydrogens is 242 g/mol. The van der Waals surface area contributed by atoms with Crippen LogP contribution in [-0.2, 0) is 7.05 Å². The summed E-state index contributed by atoms with van der Waals surface area (Å²) in [4.78, 5) is 4.31. The first kappa shape index (κ1) is 11.6. The van der Waals surface area contributed by atoms with Gasteiger partial charge in [-0.15, -0.1) is 0 Å². The monoisotopic (exact) mass is 255 g/mol. The summed E-state index contributed by atoms with van der Waals surface area (Å²) in [6.07, 6.45) is 3.51. The van der Waals surface area contributed by atoms with Crippen LogP contribution in [-0.4, -0.2) is 19.9 Å². The van der Waals surface area contributed by atoms with Gasteiger partial charge in [0.05, 0.1) is 11.8 Å². The molecule has 3 rings (SSSR count). The molecule has 0 saturated heterocycles. The summed E-state index contributed by atoms with van der Waals surface area (Å²) in [5, 5.41) is 8.00. The van der Waals surface area contributed by atoms with Crippen LogP contribution < -0.4 is 5.73 Å². The van der Waals surface area contributed by atoms with E-state index in [1.165, 1.54) is 0 Å². The predicted molar refractivity (Wildman–Crippen MR) is 69.0 cm³/mol. The van der Waals surface area contributed by atoms with Gasteiger partial charge in [-0.25, -0.2) is 0 Å². The first-order valence-corrected chi connectivity index (χ1v) is 5.87. The van der Waals surface area contributed by atoms with Gasteiger partial charge in [0.15, 0.2) is 0 Å². The maximum atomic E-state index is 6.10. The van der Waals surface area contributed by atoms with Crippen LogP contribution in [0, 0.1) is 0 Å². The van der Waals surface area contributed by atoms with Gasteiger partial charge >= 0.3 is 0 Å². The van der Waals surface area contributed by atoms with E-state index in [1.807, 2.05) is 43.6 Å². The molecule has 96 valence electrons. The number of nitrogens with zero attached hydrogens (tertiary/aromatic N) is 4. The highest BCUT2D eigenvalue weighted by Crippen LogP contribution is 2.21. The van der Waals surface area contributed by atoms with Crippen molar-refractivity contribution in [1.29, 1.82) is 0 Å². The van der Waals surface area contributed by atoms with Crippen LogP contribution in [0.3, 0.4) is 0 Å². The topological polar surface area (TPSA) is 82.8 Å². The molecule has 1 aromatic carbocycles. The Bertz CT molecular complexity index is 673. The van der Waals surface area contributed by atoms with Crippen molar-refractivity contribution in [3.63, 3.8) is 0 Å². The highest BCUT2D eigenvalue weighted by molar-refractivity contribution is 5.51. The first-order chi connectivity index (χ1) is 9.24. The van der Waals surface area contributed by atoms with E-state index in [4.69, 9.17) is 10.3 Å². The fraction of sp³-hybridized carbons (Fsp3) is 0.154. The van der Waals surface area contributed by atoms with Crippen molar-refractivity contribution < 1.29 is 4.52 Å². The van der Waals surface area contributed by atoms with E-state index in [9.17, 15) is 0 Å². The van der Waals surface area contributed by atoms with Gasteiger partial charge in [-0.05, 0) is 5.56 Å². The fourth-order valence-electron chi connectivity index (χ4n) is 1.82. The lowest BCUT2D eigenvalue weighted by Crippen LogP contribution is -2.11. The Morgan fingerprint density at radius 1 is 1.26 bits per heavy atom. The summed E-state index contributed by atoms with van der Waals surface area (Å²) >= 11 is 0. The highest BCUT2D eigenvalue weighted by Gasteiger charge is 2.17. The van der Waals surface area contributed by atoms with E-state index in [-0.39, 0.29) is 0 Å². The van der Waals surface area contributed by atoms with E-state index >= 15 is 0 Å². The second kappa shape index (κ2) is 4.66. The standard InChI is InChI=1S/C13H13N5O/c1-18-8-10(7-15-18)12-16-13(19-17-12)11(14)9-5-3-2-4-6-9/h2-8,11H,14H2,1H3. The summed E-state index contributed by atoms with van der Waals surface area (Å²) in [6.45, 7) is 0. The summed E-state index contributed by atoms with van der Waals surface area (Å²) in [6, 6.07) is 9.22. The van der Waals surface area contributed by atoms with Crippen molar-refractivity contribution in [2.75, 3.05) is 0 Å². The molecule has 19 heavy (non-hydrogen) atoms. The Kier molecular flexibility index (Phi) is 2.85. The maximum Gasteiger partial charge on any atom is 0.248 e. The molecule has 2 aromatic heterocycles. The number of aromatic nitrogens is 4. The number of aryl methyl sites for hydroxylation is 1. The van der Waals surface area contributed by atoms with Crippen LogP contribution >= 0.6 is 0 Å². The number of hydrogen-bond donors (Lipinski definition) is 1. The zero-order chi connectivity index (χ0) is 13.2. The van der Waals surface area contributed by atoms with Gasteiger partial charge in [-0.1, -0.05) is 35.5 Å². The molecule has 0 spiro atoms. The lowest BCUT2D eigenvalue weighted by Gasteiger charge is -2.05. The van der Waals surface area contributed by atoms with E-state index in [1.54, 1.807) is 10.9 Å². The predicted octanol–water partition coefficient (Wildman–Crippen LogP) is 1.52. The van der Waals surface area contributed by atoms with Gasteiger partial charge in [0.25, 0.3) is 0 Å². The average Bonchev–Trinajstić information content (AvgIpc) is 3.07. The summed E-state index contributed by atoms with van der Waals surface area (Å²) in [5.41, 5.74) is 7.83. The largest absolute Gasteiger partial charge is 0.337 e. The molecule has 0 saturated carbocycles. The van der Waals surface area contributed by atoms with Gasteiger partial charge in [0.2, 0.25) is 11.7 Å². The molecule has 0 radical (unpaired) electrons. The van der Waals surface area contributed by atoms with Gasteiger partial charge in [-0.2, -0.15) is 10.1 Å². The van der Waals surface area contributed by atoms with Gasteiger partial charge in [0, 0.05) is 13.2 Å².